The van der Waals surface area contributed by atoms with E-state index in [4.69, 9.17) is 4.74 Å². The Labute approximate surface area is 110 Å². The van der Waals surface area contributed by atoms with Gasteiger partial charge in [0.05, 0.1) is 11.8 Å². The minimum atomic E-state index is -0.585. The third-order valence-corrected chi connectivity index (χ3v) is 3.24. The molecular formula is C15H13F2NO. The molecule has 1 fully saturated rings. The van der Waals surface area contributed by atoms with Crippen LogP contribution in [0.1, 0.15) is 24.6 Å². The van der Waals surface area contributed by atoms with Crippen LogP contribution in [0.2, 0.25) is 0 Å². The van der Waals surface area contributed by atoms with Gasteiger partial charge in [0.2, 0.25) is 0 Å². The second-order valence-electron chi connectivity index (χ2n) is 4.63. The zero-order chi connectivity index (χ0) is 13.2. The highest BCUT2D eigenvalue weighted by atomic mass is 19.1. The molecule has 2 aromatic rings. The van der Waals surface area contributed by atoms with Crippen molar-refractivity contribution in [3.8, 4) is 11.1 Å². The van der Waals surface area contributed by atoms with E-state index in [1.165, 1.54) is 12.1 Å². The molecule has 1 unspecified atom stereocenters. The van der Waals surface area contributed by atoms with Gasteiger partial charge in [-0.25, -0.2) is 8.78 Å². The van der Waals surface area contributed by atoms with Crippen LogP contribution in [-0.4, -0.2) is 11.6 Å². The van der Waals surface area contributed by atoms with E-state index >= 15 is 0 Å². The van der Waals surface area contributed by atoms with Gasteiger partial charge in [0.25, 0.3) is 0 Å². The van der Waals surface area contributed by atoms with Crippen molar-refractivity contribution in [2.45, 2.75) is 18.9 Å². The molecule has 0 amide bonds. The average Bonchev–Trinajstić information content (AvgIpc) is 2.91. The maximum atomic E-state index is 13.2. The van der Waals surface area contributed by atoms with Gasteiger partial charge >= 0.3 is 0 Å². The Morgan fingerprint density at radius 2 is 1.84 bits per heavy atom. The van der Waals surface area contributed by atoms with Crippen LogP contribution in [0.3, 0.4) is 0 Å². The van der Waals surface area contributed by atoms with Crippen molar-refractivity contribution in [1.29, 1.82) is 0 Å². The summed E-state index contributed by atoms with van der Waals surface area (Å²) in [7, 11) is 0. The molecule has 0 saturated carbocycles. The SMILES string of the molecule is Fc1cc(F)cc(-c2ccc(C3CCCO3)nc2)c1. The lowest BCUT2D eigenvalue weighted by Crippen LogP contribution is -1.98. The third kappa shape index (κ3) is 2.63. The first-order chi connectivity index (χ1) is 9.22. The predicted molar refractivity (Wildman–Crippen MR) is 67.5 cm³/mol. The molecule has 1 atom stereocenters. The number of benzene rings is 1. The van der Waals surface area contributed by atoms with E-state index in [2.05, 4.69) is 4.98 Å². The minimum Gasteiger partial charge on any atom is -0.372 e. The Balaban J connectivity index is 1.89. The van der Waals surface area contributed by atoms with Crippen molar-refractivity contribution in [3.63, 3.8) is 0 Å². The largest absolute Gasteiger partial charge is 0.372 e. The van der Waals surface area contributed by atoms with E-state index in [9.17, 15) is 8.78 Å². The number of halogens is 2. The highest BCUT2D eigenvalue weighted by Crippen LogP contribution is 2.28. The molecule has 1 saturated heterocycles. The van der Waals surface area contributed by atoms with Gasteiger partial charge in [-0.1, -0.05) is 6.07 Å². The van der Waals surface area contributed by atoms with Gasteiger partial charge in [-0.3, -0.25) is 4.98 Å². The third-order valence-electron chi connectivity index (χ3n) is 3.24. The van der Waals surface area contributed by atoms with Crippen LogP contribution in [0, 0.1) is 11.6 Å². The highest BCUT2D eigenvalue weighted by molar-refractivity contribution is 5.62. The van der Waals surface area contributed by atoms with Gasteiger partial charge in [0.15, 0.2) is 0 Å². The molecule has 0 spiro atoms. The number of aromatic nitrogens is 1. The number of rotatable bonds is 2. The molecule has 0 bridgehead atoms. The first-order valence-corrected chi connectivity index (χ1v) is 6.26. The number of hydrogen-bond acceptors (Lipinski definition) is 2. The first-order valence-electron chi connectivity index (χ1n) is 6.26. The van der Waals surface area contributed by atoms with Crippen LogP contribution in [0.5, 0.6) is 0 Å². The summed E-state index contributed by atoms with van der Waals surface area (Å²) >= 11 is 0. The summed E-state index contributed by atoms with van der Waals surface area (Å²) in [5.41, 5.74) is 2.06. The molecule has 2 nitrogen and oxygen atoms in total. The number of hydrogen-bond donors (Lipinski definition) is 0. The summed E-state index contributed by atoms with van der Waals surface area (Å²) in [6.07, 6.45) is 3.70. The lowest BCUT2D eigenvalue weighted by atomic mass is 10.1. The normalized spacial score (nSPS) is 18.7. The first kappa shape index (κ1) is 12.2. The van der Waals surface area contributed by atoms with E-state index in [1.54, 1.807) is 6.20 Å². The van der Waals surface area contributed by atoms with E-state index in [0.29, 0.717) is 11.1 Å². The summed E-state index contributed by atoms with van der Waals surface area (Å²) in [6.45, 7) is 0.767. The Hall–Kier alpha value is -1.81. The summed E-state index contributed by atoms with van der Waals surface area (Å²) < 4.78 is 31.9. The van der Waals surface area contributed by atoms with E-state index in [0.717, 1.165) is 31.2 Å². The van der Waals surface area contributed by atoms with Gasteiger partial charge in [-0.15, -0.1) is 0 Å². The molecule has 19 heavy (non-hydrogen) atoms. The van der Waals surface area contributed by atoms with Crippen LogP contribution in [0.25, 0.3) is 11.1 Å². The van der Waals surface area contributed by atoms with E-state index in [1.807, 2.05) is 12.1 Å². The van der Waals surface area contributed by atoms with Gasteiger partial charge < -0.3 is 4.74 Å². The van der Waals surface area contributed by atoms with Gasteiger partial charge in [-0.05, 0) is 36.6 Å². The Kier molecular flexibility index (Phi) is 3.25. The van der Waals surface area contributed by atoms with Crippen LogP contribution in [-0.2, 0) is 4.74 Å². The molecule has 0 N–H and O–H groups in total. The fourth-order valence-electron chi connectivity index (χ4n) is 2.30. The molecular weight excluding hydrogens is 248 g/mol. The monoisotopic (exact) mass is 261 g/mol. The highest BCUT2D eigenvalue weighted by Gasteiger charge is 2.18. The lowest BCUT2D eigenvalue weighted by Gasteiger charge is -2.09. The zero-order valence-electron chi connectivity index (χ0n) is 10.3. The Morgan fingerprint density at radius 3 is 2.42 bits per heavy atom. The number of nitrogens with zero attached hydrogens (tertiary/aromatic N) is 1. The maximum absolute atomic E-state index is 13.2. The maximum Gasteiger partial charge on any atom is 0.126 e. The second kappa shape index (κ2) is 5.05. The summed E-state index contributed by atoms with van der Waals surface area (Å²) in [6, 6.07) is 7.13. The Morgan fingerprint density at radius 1 is 1.05 bits per heavy atom. The lowest BCUT2D eigenvalue weighted by molar-refractivity contribution is 0.108. The molecule has 1 aromatic carbocycles. The summed E-state index contributed by atoms with van der Waals surface area (Å²) in [4.78, 5) is 4.33. The molecule has 4 heteroatoms. The van der Waals surface area contributed by atoms with Gasteiger partial charge in [0, 0.05) is 24.4 Å². The van der Waals surface area contributed by atoms with Crippen molar-refractivity contribution in [1.82, 2.24) is 4.98 Å². The van der Waals surface area contributed by atoms with Gasteiger partial charge in [-0.2, -0.15) is 0 Å². The molecule has 98 valence electrons. The van der Waals surface area contributed by atoms with Crippen molar-refractivity contribution in [2.75, 3.05) is 6.61 Å². The predicted octanol–water partition coefficient (Wildman–Crippen LogP) is 3.88. The van der Waals surface area contributed by atoms with Crippen molar-refractivity contribution in [3.05, 3.63) is 53.9 Å². The molecule has 0 aliphatic carbocycles. The Bertz CT molecular complexity index is 557. The molecule has 3 rings (SSSR count). The topological polar surface area (TPSA) is 22.1 Å². The fourth-order valence-corrected chi connectivity index (χ4v) is 2.30. The average molecular weight is 261 g/mol. The van der Waals surface area contributed by atoms with Crippen molar-refractivity contribution >= 4 is 0 Å². The minimum absolute atomic E-state index is 0.0540. The molecule has 2 heterocycles. The smallest absolute Gasteiger partial charge is 0.126 e. The number of pyridine rings is 1. The fraction of sp³-hybridized carbons (Fsp3) is 0.267. The molecule has 1 aliphatic heterocycles. The standard InChI is InChI=1S/C15H13F2NO/c16-12-6-11(7-13(17)8-12)10-3-4-14(18-9-10)15-2-1-5-19-15/h3-4,6-9,15H,1-2,5H2. The summed E-state index contributed by atoms with van der Waals surface area (Å²) in [5, 5.41) is 0. The second-order valence-corrected chi connectivity index (χ2v) is 4.63. The van der Waals surface area contributed by atoms with Crippen LogP contribution < -0.4 is 0 Å². The van der Waals surface area contributed by atoms with E-state index in [-0.39, 0.29) is 6.10 Å². The van der Waals surface area contributed by atoms with Crippen molar-refractivity contribution < 1.29 is 13.5 Å². The molecule has 1 aromatic heterocycles. The van der Waals surface area contributed by atoms with Gasteiger partial charge in [0.1, 0.15) is 11.6 Å². The quantitative estimate of drug-likeness (QED) is 0.818. The van der Waals surface area contributed by atoms with Crippen LogP contribution in [0.15, 0.2) is 36.5 Å². The molecule has 0 radical (unpaired) electrons. The van der Waals surface area contributed by atoms with E-state index < -0.39 is 11.6 Å². The van der Waals surface area contributed by atoms with Crippen LogP contribution in [0.4, 0.5) is 8.78 Å². The zero-order valence-corrected chi connectivity index (χ0v) is 10.3. The molecule has 1 aliphatic rings. The van der Waals surface area contributed by atoms with Crippen LogP contribution >= 0.6 is 0 Å². The van der Waals surface area contributed by atoms with Crippen molar-refractivity contribution in [2.24, 2.45) is 0 Å². The summed E-state index contributed by atoms with van der Waals surface area (Å²) in [5.74, 6) is -1.17. The number of ether oxygens (including phenoxy) is 1.